The summed E-state index contributed by atoms with van der Waals surface area (Å²) in [6.07, 6.45) is 0. The summed E-state index contributed by atoms with van der Waals surface area (Å²) in [5.74, 6) is 2.81. The second-order valence-electron chi connectivity index (χ2n) is 15.9. The van der Waals surface area contributed by atoms with Crippen molar-refractivity contribution in [2.75, 3.05) is 38.2 Å². The summed E-state index contributed by atoms with van der Waals surface area (Å²) in [6, 6.07) is 3.38. The van der Waals surface area contributed by atoms with E-state index in [4.69, 9.17) is 4.74 Å². The quantitative estimate of drug-likeness (QED) is 0.104. The van der Waals surface area contributed by atoms with E-state index in [1.54, 1.807) is 11.8 Å². The average Bonchev–Trinajstić information content (AvgIpc) is 2.94. The van der Waals surface area contributed by atoms with E-state index in [1.165, 1.54) is 0 Å². The highest BCUT2D eigenvalue weighted by atomic mass is 32.2. The van der Waals surface area contributed by atoms with Crippen LogP contribution in [0.2, 0.25) is 0 Å². The summed E-state index contributed by atoms with van der Waals surface area (Å²) in [4.78, 5) is 44.0. The highest BCUT2D eigenvalue weighted by Gasteiger charge is 2.22. The van der Waals surface area contributed by atoms with Crippen molar-refractivity contribution in [1.29, 1.82) is 0 Å². The van der Waals surface area contributed by atoms with Crippen LogP contribution in [0.5, 0.6) is 0 Å². The summed E-state index contributed by atoms with van der Waals surface area (Å²) in [7, 11) is 0. The molecule has 0 saturated carbocycles. The largest absolute Gasteiger partial charge is 0.358 e. The van der Waals surface area contributed by atoms with Gasteiger partial charge < -0.3 is 4.74 Å². The van der Waals surface area contributed by atoms with Crippen molar-refractivity contribution in [3.63, 3.8) is 0 Å². The molecule has 48 heavy (non-hydrogen) atoms. The van der Waals surface area contributed by atoms with Crippen LogP contribution in [-0.4, -0.2) is 117 Å². The summed E-state index contributed by atoms with van der Waals surface area (Å²) in [5, 5.41) is 0. The minimum Gasteiger partial charge on any atom is -0.358 e. The van der Waals surface area contributed by atoms with Gasteiger partial charge in [0.05, 0.1) is 19.0 Å². The van der Waals surface area contributed by atoms with Crippen LogP contribution in [0.4, 0.5) is 0 Å². The minimum atomic E-state index is 0.0662. The van der Waals surface area contributed by atoms with Gasteiger partial charge in [-0.15, -0.1) is 11.8 Å². The first-order chi connectivity index (χ1) is 21.9. The van der Waals surface area contributed by atoms with Gasteiger partial charge in [0.25, 0.3) is 0 Å². The molecule has 0 fully saturated rings. The smallest absolute Gasteiger partial charge is 0.161 e. The minimum absolute atomic E-state index is 0.0662. The Morgan fingerprint density at radius 2 is 0.854 bits per heavy atom. The Kier molecular flexibility index (Phi) is 29.9. The molecule has 9 heteroatoms. The lowest BCUT2D eigenvalue weighted by atomic mass is 10.1. The third-order valence-electron chi connectivity index (χ3n) is 8.32. The maximum Gasteiger partial charge on any atom is 0.161 e. The molecule has 0 heterocycles. The molecule has 0 aliphatic rings. The number of thioether (sulfide) groups is 1. The van der Waals surface area contributed by atoms with Gasteiger partial charge in [-0.3, -0.25) is 34.0 Å². The number of ether oxygens (including phenoxy) is 1. The molecule has 0 unspecified atom stereocenters. The van der Waals surface area contributed by atoms with Gasteiger partial charge >= 0.3 is 0 Å². The summed E-state index contributed by atoms with van der Waals surface area (Å²) >= 11 is 1.73. The Labute approximate surface area is 303 Å². The van der Waals surface area contributed by atoms with Crippen LogP contribution in [-0.2, 0) is 19.1 Å². The Balaban J connectivity index is -0.000000637. The molecule has 0 aliphatic carbocycles. The van der Waals surface area contributed by atoms with Crippen molar-refractivity contribution < 1.29 is 19.1 Å². The van der Waals surface area contributed by atoms with E-state index in [-0.39, 0.29) is 30.1 Å². The van der Waals surface area contributed by atoms with Crippen molar-refractivity contribution in [2.45, 2.75) is 181 Å². The van der Waals surface area contributed by atoms with E-state index in [1.807, 2.05) is 41.5 Å². The number of hydrogen-bond donors (Lipinski definition) is 0. The van der Waals surface area contributed by atoms with Crippen molar-refractivity contribution in [3.05, 3.63) is 0 Å². The lowest BCUT2D eigenvalue weighted by Gasteiger charge is -2.37. The van der Waals surface area contributed by atoms with E-state index in [2.05, 4.69) is 117 Å². The van der Waals surface area contributed by atoms with E-state index in [0.29, 0.717) is 72.9 Å². The Morgan fingerprint density at radius 3 is 1.17 bits per heavy atom. The van der Waals surface area contributed by atoms with Crippen LogP contribution in [0.15, 0.2) is 0 Å². The molecule has 0 aromatic carbocycles. The van der Waals surface area contributed by atoms with Crippen LogP contribution in [0.3, 0.4) is 0 Å². The second-order valence-corrected chi connectivity index (χ2v) is 16.9. The van der Waals surface area contributed by atoms with E-state index in [9.17, 15) is 14.4 Å². The number of carbonyl (C=O) groups excluding carboxylic acids is 3. The van der Waals surface area contributed by atoms with Crippen LogP contribution in [0.25, 0.3) is 0 Å². The predicted molar refractivity (Wildman–Crippen MR) is 211 cm³/mol. The number of carbonyl (C=O) groups is 3. The van der Waals surface area contributed by atoms with Crippen molar-refractivity contribution in [1.82, 2.24) is 19.6 Å². The number of nitrogens with zero attached hydrogens (tertiary/aromatic N) is 4. The van der Waals surface area contributed by atoms with E-state index >= 15 is 0 Å². The molecule has 288 valence electrons. The molecule has 8 nitrogen and oxygen atoms in total. The first-order valence-corrected chi connectivity index (χ1v) is 19.8. The molecule has 0 aromatic rings. The maximum atomic E-state index is 11.9. The molecule has 0 atom stereocenters. The van der Waals surface area contributed by atoms with Gasteiger partial charge in [-0.05, 0) is 96.9 Å². The first kappa shape index (κ1) is 51.5. The molecule has 0 amide bonds. The fraction of sp³-hybridized carbons (Fsp3) is 0.923. The summed E-state index contributed by atoms with van der Waals surface area (Å²) < 4.78 is 5.42. The molecule has 0 aliphatic heterocycles. The predicted octanol–water partition coefficient (Wildman–Crippen LogP) is 8.32. The normalized spacial score (nSPS) is 12.4. The van der Waals surface area contributed by atoms with Gasteiger partial charge in [-0.25, -0.2) is 0 Å². The first-order valence-electron chi connectivity index (χ1n) is 18.6. The van der Waals surface area contributed by atoms with Crippen LogP contribution in [0, 0.1) is 17.8 Å². The fourth-order valence-electron chi connectivity index (χ4n) is 4.54. The van der Waals surface area contributed by atoms with Gasteiger partial charge in [0.15, 0.2) is 5.78 Å². The maximum absolute atomic E-state index is 11.9. The summed E-state index contributed by atoms with van der Waals surface area (Å²) in [6.45, 7) is 44.4. The zero-order chi connectivity index (χ0) is 38.5. The molecule has 0 rings (SSSR count). The van der Waals surface area contributed by atoms with Crippen molar-refractivity contribution in [3.8, 4) is 0 Å². The number of ketones is 3. The van der Waals surface area contributed by atoms with Crippen LogP contribution < -0.4 is 0 Å². The topological polar surface area (TPSA) is 73.4 Å². The molecular formula is C39H82N4O4S. The standard InChI is InChI=1S/C15H32N2O.C12H25NO2.C12H25NOS/c1-11(2)15(18)9-16(12(3)4)10-17(13(5)6)14(7)8;2*1-9(2)12(14)7-15-8-13(10(3)4)11(5)6/h11-14H,9-10H2,1-8H3;2*9-11H,7-8H2,1-6H3. The van der Waals surface area contributed by atoms with Crippen molar-refractivity contribution >= 4 is 29.1 Å². The van der Waals surface area contributed by atoms with Gasteiger partial charge in [0.1, 0.15) is 24.9 Å². The molecule has 0 bridgehead atoms. The molecule has 0 aromatic heterocycles. The molecule has 0 N–H and O–H groups in total. The van der Waals surface area contributed by atoms with Gasteiger partial charge in [-0.2, -0.15) is 0 Å². The van der Waals surface area contributed by atoms with Gasteiger partial charge in [0, 0.05) is 65.9 Å². The molecule has 0 saturated heterocycles. The third kappa shape index (κ3) is 25.2. The average molecular weight is 703 g/mol. The number of Topliss-reactive ketones (excluding diaryl/α,β-unsaturated/α-hetero) is 3. The van der Waals surface area contributed by atoms with Gasteiger partial charge in [0.2, 0.25) is 0 Å². The SMILES string of the molecule is CC(C)C(=O)CN(CN(C(C)C)C(C)C)C(C)C.CC(C)C(=O)COCN(C(C)C)C(C)C.CC(C)C(=O)CSCN(C(C)C)C(C)C. The Morgan fingerprint density at radius 1 is 0.479 bits per heavy atom. The second kappa shape index (κ2) is 27.8. The van der Waals surface area contributed by atoms with Crippen molar-refractivity contribution in [2.24, 2.45) is 17.8 Å². The Bertz CT molecular complexity index is 776. The summed E-state index contributed by atoms with van der Waals surface area (Å²) in [5.41, 5.74) is 0. The van der Waals surface area contributed by atoms with Crippen LogP contribution >= 0.6 is 11.8 Å². The number of rotatable bonds is 22. The zero-order valence-corrected chi connectivity index (χ0v) is 36.2. The highest BCUT2D eigenvalue weighted by Crippen LogP contribution is 2.14. The monoisotopic (exact) mass is 703 g/mol. The Hall–Kier alpha value is -0.840. The fourth-order valence-corrected chi connectivity index (χ4v) is 5.97. The number of hydrogen-bond acceptors (Lipinski definition) is 9. The van der Waals surface area contributed by atoms with E-state index < -0.39 is 0 Å². The molecular weight excluding hydrogens is 621 g/mol. The van der Waals surface area contributed by atoms with E-state index in [0.717, 1.165) is 12.5 Å². The molecule has 0 spiro atoms. The lowest BCUT2D eigenvalue weighted by molar-refractivity contribution is -0.129. The third-order valence-corrected chi connectivity index (χ3v) is 9.28. The lowest BCUT2D eigenvalue weighted by Crippen LogP contribution is -2.49. The van der Waals surface area contributed by atoms with Crippen LogP contribution in [0.1, 0.15) is 138 Å². The van der Waals surface area contributed by atoms with Gasteiger partial charge in [-0.1, -0.05) is 41.5 Å². The highest BCUT2D eigenvalue weighted by molar-refractivity contribution is 7.99. The zero-order valence-electron chi connectivity index (χ0n) is 35.3. The molecule has 0 radical (unpaired) electrons.